The van der Waals surface area contributed by atoms with E-state index in [1.165, 1.54) is 30.9 Å². The summed E-state index contributed by atoms with van der Waals surface area (Å²) in [6.45, 7) is 3.97. The number of rotatable bonds is 3. The van der Waals surface area contributed by atoms with E-state index in [1.54, 1.807) is 7.05 Å². The van der Waals surface area contributed by atoms with Gasteiger partial charge in [-0.15, -0.1) is 0 Å². The summed E-state index contributed by atoms with van der Waals surface area (Å²) < 4.78 is 2.53. The van der Waals surface area contributed by atoms with Gasteiger partial charge in [0.15, 0.2) is 5.65 Å². The first kappa shape index (κ1) is 15.0. The third-order valence-corrected chi connectivity index (χ3v) is 4.72. The van der Waals surface area contributed by atoms with Crippen molar-refractivity contribution in [2.24, 2.45) is 14.1 Å². The van der Waals surface area contributed by atoms with Gasteiger partial charge < -0.3 is 4.98 Å². The number of imidazole rings is 1. The van der Waals surface area contributed by atoms with Gasteiger partial charge >= 0.3 is 5.69 Å². The highest BCUT2D eigenvalue weighted by molar-refractivity contribution is 5.69. The Bertz CT molecular complexity index is 801. The largest absolute Gasteiger partial charge is 0.335 e. The summed E-state index contributed by atoms with van der Waals surface area (Å²) in [5, 5.41) is 0. The topological polar surface area (TPSA) is 75.9 Å². The zero-order chi connectivity index (χ0) is 15.9. The molecule has 7 nitrogen and oxygen atoms in total. The normalized spacial score (nSPS) is 19.9. The predicted octanol–water partition coefficient (Wildman–Crippen LogP) is 0.725. The molecule has 0 aliphatic carbocycles. The molecule has 120 valence electrons. The van der Waals surface area contributed by atoms with Crippen LogP contribution in [0.15, 0.2) is 9.59 Å². The number of aryl methyl sites for hydroxylation is 1. The molecule has 1 aliphatic rings. The highest BCUT2D eigenvalue weighted by Crippen LogP contribution is 2.21. The average Bonchev–Trinajstić information content (AvgIpc) is 2.95. The molecule has 22 heavy (non-hydrogen) atoms. The van der Waals surface area contributed by atoms with E-state index in [0.29, 0.717) is 23.8 Å². The van der Waals surface area contributed by atoms with E-state index in [0.717, 1.165) is 23.4 Å². The Labute approximate surface area is 128 Å². The van der Waals surface area contributed by atoms with Crippen LogP contribution in [0, 0.1) is 0 Å². The molecule has 3 heterocycles. The monoisotopic (exact) mass is 305 g/mol. The highest BCUT2D eigenvalue weighted by Gasteiger charge is 2.22. The number of H-pyrrole nitrogens is 1. The van der Waals surface area contributed by atoms with Crippen molar-refractivity contribution in [3.05, 3.63) is 26.7 Å². The van der Waals surface area contributed by atoms with Gasteiger partial charge in [-0.1, -0.05) is 13.3 Å². The number of hydrogen-bond donors (Lipinski definition) is 1. The molecular weight excluding hydrogens is 282 g/mol. The molecule has 1 N–H and O–H groups in total. The summed E-state index contributed by atoms with van der Waals surface area (Å²) in [5.74, 6) is 0.758. The second-order valence-corrected chi connectivity index (χ2v) is 6.12. The van der Waals surface area contributed by atoms with E-state index in [9.17, 15) is 9.59 Å². The Morgan fingerprint density at radius 2 is 2.00 bits per heavy atom. The first-order valence-corrected chi connectivity index (χ1v) is 7.91. The number of hydrogen-bond acceptors (Lipinski definition) is 4. The molecule has 0 amide bonds. The lowest BCUT2D eigenvalue weighted by molar-refractivity contribution is 0.133. The quantitative estimate of drug-likeness (QED) is 0.907. The predicted molar refractivity (Wildman–Crippen MR) is 84.9 cm³/mol. The minimum absolute atomic E-state index is 0.317. The van der Waals surface area contributed by atoms with Crippen LogP contribution in [0.5, 0.6) is 0 Å². The van der Waals surface area contributed by atoms with E-state index in [4.69, 9.17) is 0 Å². The molecule has 1 fully saturated rings. The Morgan fingerprint density at radius 3 is 2.73 bits per heavy atom. The van der Waals surface area contributed by atoms with Crippen LogP contribution in [0.3, 0.4) is 0 Å². The van der Waals surface area contributed by atoms with Crippen molar-refractivity contribution in [2.45, 2.75) is 45.2 Å². The number of nitrogens with one attached hydrogen (secondary N) is 1. The van der Waals surface area contributed by atoms with Gasteiger partial charge in [-0.05, 0) is 25.8 Å². The van der Waals surface area contributed by atoms with Crippen LogP contribution in [0.2, 0.25) is 0 Å². The van der Waals surface area contributed by atoms with E-state index in [-0.39, 0.29) is 11.2 Å². The minimum Gasteiger partial charge on any atom is -0.335 e. The summed E-state index contributed by atoms with van der Waals surface area (Å²) in [5.41, 5.74) is 0.181. The maximum atomic E-state index is 12.2. The van der Waals surface area contributed by atoms with Gasteiger partial charge in [0.25, 0.3) is 5.56 Å². The van der Waals surface area contributed by atoms with Gasteiger partial charge in [0, 0.05) is 20.1 Å². The van der Waals surface area contributed by atoms with E-state index >= 15 is 0 Å². The fourth-order valence-electron chi connectivity index (χ4n) is 3.37. The van der Waals surface area contributed by atoms with Crippen molar-refractivity contribution >= 4 is 11.2 Å². The van der Waals surface area contributed by atoms with Gasteiger partial charge in [0.05, 0.1) is 6.54 Å². The van der Waals surface area contributed by atoms with Gasteiger partial charge in [0.2, 0.25) is 0 Å². The number of fused-ring (bicyclic) bond motifs is 1. The number of likely N-dealkylation sites (tertiary alicyclic amines) is 1. The van der Waals surface area contributed by atoms with Crippen molar-refractivity contribution in [3.8, 4) is 0 Å². The Balaban J connectivity index is 1.99. The molecular formula is C15H23N5O2. The van der Waals surface area contributed by atoms with Crippen molar-refractivity contribution in [1.29, 1.82) is 0 Å². The van der Waals surface area contributed by atoms with Crippen molar-refractivity contribution in [3.63, 3.8) is 0 Å². The fourth-order valence-corrected chi connectivity index (χ4v) is 3.37. The van der Waals surface area contributed by atoms with Gasteiger partial charge in [-0.3, -0.25) is 18.8 Å². The molecule has 3 rings (SSSR count). The highest BCUT2D eigenvalue weighted by atomic mass is 16.2. The lowest BCUT2D eigenvalue weighted by atomic mass is 10.0. The first-order valence-electron chi connectivity index (χ1n) is 7.91. The Kier molecular flexibility index (Phi) is 3.90. The van der Waals surface area contributed by atoms with Crippen LogP contribution >= 0.6 is 0 Å². The van der Waals surface area contributed by atoms with Gasteiger partial charge in [0.1, 0.15) is 11.3 Å². The van der Waals surface area contributed by atoms with Crippen molar-refractivity contribution < 1.29 is 0 Å². The van der Waals surface area contributed by atoms with E-state index in [1.807, 2.05) is 0 Å². The SMILES string of the molecule is CC[C@H]1CCCCN1Cc1nc2c([nH]1)c(=O)n(C)c(=O)n2C. The molecule has 1 atom stereocenters. The molecule has 7 heteroatoms. The Morgan fingerprint density at radius 1 is 1.23 bits per heavy atom. The zero-order valence-corrected chi connectivity index (χ0v) is 13.4. The van der Waals surface area contributed by atoms with Crippen LogP contribution < -0.4 is 11.2 Å². The van der Waals surface area contributed by atoms with Crippen LogP contribution in [0.4, 0.5) is 0 Å². The fraction of sp³-hybridized carbons (Fsp3) is 0.667. The summed E-state index contributed by atoms with van der Waals surface area (Å²) in [6, 6.07) is 0.577. The number of piperidine rings is 1. The smallest absolute Gasteiger partial charge is 0.332 e. The van der Waals surface area contributed by atoms with Crippen LogP contribution in [0.1, 0.15) is 38.4 Å². The first-order chi connectivity index (χ1) is 10.5. The second kappa shape index (κ2) is 5.72. The third kappa shape index (κ3) is 2.39. The van der Waals surface area contributed by atoms with Gasteiger partial charge in [-0.2, -0.15) is 0 Å². The molecule has 2 aromatic heterocycles. The van der Waals surface area contributed by atoms with Crippen molar-refractivity contribution in [1.82, 2.24) is 24.0 Å². The Hall–Kier alpha value is -1.89. The molecule has 0 bridgehead atoms. The second-order valence-electron chi connectivity index (χ2n) is 6.12. The molecule has 0 spiro atoms. The van der Waals surface area contributed by atoms with Gasteiger partial charge in [-0.25, -0.2) is 9.78 Å². The molecule has 0 aromatic carbocycles. The number of aromatic nitrogens is 4. The molecule has 2 aromatic rings. The maximum absolute atomic E-state index is 12.2. The van der Waals surface area contributed by atoms with Crippen molar-refractivity contribution in [2.75, 3.05) is 6.54 Å². The minimum atomic E-state index is -0.347. The third-order valence-electron chi connectivity index (χ3n) is 4.72. The number of aromatic amines is 1. The van der Waals surface area contributed by atoms with Crippen LogP contribution in [0.25, 0.3) is 11.2 Å². The lowest BCUT2D eigenvalue weighted by Crippen LogP contribution is -2.38. The lowest BCUT2D eigenvalue weighted by Gasteiger charge is -2.34. The molecule has 1 saturated heterocycles. The molecule has 1 aliphatic heterocycles. The maximum Gasteiger partial charge on any atom is 0.332 e. The summed E-state index contributed by atoms with van der Waals surface area (Å²) in [7, 11) is 3.13. The zero-order valence-electron chi connectivity index (χ0n) is 13.4. The molecule has 0 saturated carbocycles. The standard InChI is InChI=1S/C15H23N5O2/c1-4-10-7-5-6-8-20(10)9-11-16-12-13(17-11)18(2)15(22)19(3)14(12)21/h10H,4-9H2,1-3H3,(H,16,17)/t10-/m0/s1. The van der Waals surface area contributed by atoms with E-state index in [2.05, 4.69) is 21.8 Å². The average molecular weight is 305 g/mol. The molecule has 0 unspecified atom stereocenters. The summed E-state index contributed by atoms with van der Waals surface area (Å²) >= 11 is 0. The van der Waals surface area contributed by atoms with Crippen LogP contribution in [-0.2, 0) is 20.6 Å². The summed E-state index contributed by atoms with van der Waals surface area (Å²) in [6.07, 6.45) is 4.83. The summed E-state index contributed by atoms with van der Waals surface area (Å²) in [4.78, 5) is 34.2. The van der Waals surface area contributed by atoms with Crippen LogP contribution in [-0.4, -0.2) is 36.6 Å². The molecule has 0 radical (unpaired) electrons. The van der Waals surface area contributed by atoms with E-state index < -0.39 is 0 Å². The number of nitrogens with zero attached hydrogens (tertiary/aromatic N) is 4.